The van der Waals surface area contributed by atoms with Crippen molar-refractivity contribution >= 4 is 28.5 Å². The van der Waals surface area contributed by atoms with Crippen molar-refractivity contribution in [2.24, 2.45) is 0 Å². The molecule has 1 atom stereocenters. The van der Waals surface area contributed by atoms with Gasteiger partial charge in [0, 0.05) is 23.2 Å². The molecule has 1 amide bonds. The van der Waals surface area contributed by atoms with Gasteiger partial charge in [-0.25, -0.2) is 9.59 Å². The predicted octanol–water partition coefficient (Wildman–Crippen LogP) is 4.17. The molecule has 3 aromatic rings. The molecule has 0 fully saturated rings. The van der Waals surface area contributed by atoms with E-state index in [1.807, 2.05) is 39.0 Å². The largest absolute Gasteiger partial charge is 0.482 e. The summed E-state index contributed by atoms with van der Waals surface area (Å²) in [5.41, 5.74) is 2.56. The van der Waals surface area contributed by atoms with Crippen LogP contribution in [0.2, 0.25) is 0 Å². The number of aryl methyl sites for hydroxylation is 1. The first-order chi connectivity index (χ1) is 14.7. The summed E-state index contributed by atoms with van der Waals surface area (Å²) in [6.07, 6.45) is -0.995. The van der Waals surface area contributed by atoms with E-state index < -0.39 is 23.6 Å². The summed E-state index contributed by atoms with van der Waals surface area (Å²) in [6.45, 7) is 7.12. The van der Waals surface area contributed by atoms with Gasteiger partial charge in [-0.3, -0.25) is 4.79 Å². The lowest BCUT2D eigenvalue weighted by Gasteiger charge is -2.19. The molecule has 162 valence electrons. The maximum atomic E-state index is 12.6. The van der Waals surface area contributed by atoms with E-state index in [-0.39, 0.29) is 12.5 Å². The molecule has 0 aliphatic heterocycles. The highest BCUT2D eigenvalue weighted by molar-refractivity contribution is 5.96. The number of nitrogens with one attached hydrogen (secondary N) is 1. The van der Waals surface area contributed by atoms with Gasteiger partial charge in [-0.15, -0.1) is 0 Å². The van der Waals surface area contributed by atoms with Gasteiger partial charge in [0.05, 0.1) is 0 Å². The van der Waals surface area contributed by atoms with Crippen LogP contribution in [-0.4, -0.2) is 24.6 Å². The first kappa shape index (κ1) is 22.1. The lowest BCUT2D eigenvalue weighted by Crippen LogP contribution is -2.32. The summed E-state index contributed by atoms with van der Waals surface area (Å²) in [5, 5.41) is 3.60. The standard InChI is InChI=1S/C24H25NO6/c1-14(2)19-7-5-6-15(3)23(19)25-24(28)16(4)30-22(27)13-29-18-10-8-17-9-11-21(26)31-20(17)12-18/h5-12,14,16H,13H2,1-4H3,(H,25,28). The molecule has 7 nitrogen and oxygen atoms in total. The SMILES string of the molecule is Cc1cccc(C(C)C)c1NC(=O)C(C)OC(=O)COc1ccc2ccc(=O)oc2c1. The summed E-state index contributed by atoms with van der Waals surface area (Å²) in [4.78, 5) is 36.0. The van der Waals surface area contributed by atoms with E-state index in [1.54, 1.807) is 18.2 Å². The summed E-state index contributed by atoms with van der Waals surface area (Å²) >= 11 is 0. The molecule has 31 heavy (non-hydrogen) atoms. The second-order valence-corrected chi connectivity index (χ2v) is 7.56. The van der Waals surface area contributed by atoms with Crippen LogP contribution in [0.4, 0.5) is 5.69 Å². The van der Waals surface area contributed by atoms with Crippen LogP contribution in [0.3, 0.4) is 0 Å². The van der Waals surface area contributed by atoms with Crippen LogP contribution in [0.5, 0.6) is 5.75 Å². The minimum absolute atomic E-state index is 0.229. The van der Waals surface area contributed by atoms with Gasteiger partial charge in [-0.05, 0) is 49.1 Å². The van der Waals surface area contributed by atoms with Crippen molar-refractivity contribution in [1.82, 2.24) is 0 Å². The average Bonchev–Trinajstić information content (AvgIpc) is 2.73. The molecule has 0 aliphatic carbocycles. The number of amides is 1. The number of carbonyl (C=O) groups is 2. The van der Waals surface area contributed by atoms with Gasteiger partial charge in [0.15, 0.2) is 12.7 Å². The second kappa shape index (κ2) is 9.47. The number of hydrogen-bond acceptors (Lipinski definition) is 6. The Kier molecular flexibility index (Phi) is 6.74. The minimum Gasteiger partial charge on any atom is -0.482 e. The minimum atomic E-state index is -0.995. The normalized spacial score (nSPS) is 11.9. The Morgan fingerprint density at radius 1 is 1.06 bits per heavy atom. The Bertz CT molecular complexity index is 1160. The average molecular weight is 423 g/mol. The van der Waals surface area contributed by atoms with E-state index in [4.69, 9.17) is 13.9 Å². The van der Waals surface area contributed by atoms with Crippen molar-refractivity contribution < 1.29 is 23.5 Å². The Balaban J connectivity index is 1.58. The molecular weight excluding hydrogens is 398 g/mol. The molecule has 7 heteroatoms. The third kappa shape index (κ3) is 5.51. The van der Waals surface area contributed by atoms with Gasteiger partial charge < -0.3 is 19.2 Å². The van der Waals surface area contributed by atoms with Gasteiger partial charge >= 0.3 is 11.6 Å². The zero-order valence-electron chi connectivity index (χ0n) is 17.9. The molecule has 1 unspecified atom stereocenters. The molecule has 2 aromatic carbocycles. The molecule has 0 saturated carbocycles. The van der Waals surface area contributed by atoms with Crippen LogP contribution >= 0.6 is 0 Å². The molecule has 1 heterocycles. The Labute approximate surface area is 180 Å². The molecule has 0 saturated heterocycles. The molecule has 1 N–H and O–H groups in total. The quantitative estimate of drug-likeness (QED) is 0.453. The van der Waals surface area contributed by atoms with Crippen LogP contribution in [-0.2, 0) is 14.3 Å². The molecule has 0 aliphatic rings. The highest BCUT2D eigenvalue weighted by Gasteiger charge is 2.20. The highest BCUT2D eigenvalue weighted by Crippen LogP contribution is 2.27. The van der Waals surface area contributed by atoms with Crippen molar-refractivity contribution in [2.75, 3.05) is 11.9 Å². The fraction of sp³-hybridized carbons (Fsp3) is 0.292. The van der Waals surface area contributed by atoms with Crippen LogP contribution in [0.25, 0.3) is 11.0 Å². The number of para-hydroxylation sites is 1. The van der Waals surface area contributed by atoms with Gasteiger partial charge in [0.1, 0.15) is 11.3 Å². The zero-order valence-corrected chi connectivity index (χ0v) is 17.9. The molecule has 0 bridgehead atoms. The van der Waals surface area contributed by atoms with Crippen molar-refractivity contribution in [3.8, 4) is 5.75 Å². The maximum Gasteiger partial charge on any atom is 0.344 e. The molecule has 0 radical (unpaired) electrons. The first-order valence-electron chi connectivity index (χ1n) is 10.0. The summed E-state index contributed by atoms with van der Waals surface area (Å²) < 4.78 is 15.7. The number of rotatable bonds is 7. The van der Waals surface area contributed by atoms with Crippen molar-refractivity contribution in [1.29, 1.82) is 0 Å². The Morgan fingerprint density at radius 2 is 1.81 bits per heavy atom. The Hall–Kier alpha value is -3.61. The molecule has 0 spiro atoms. The van der Waals surface area contributed by atoms with Crippen molar-refractivity contribution in [3.63, 3.8) is 0 Å². The van der Waals surface area contributed by atoms with E-state index >= 15 is 0 Å². The number of esters is 1. The number of carbonyl (C=O) groups excluding carboxylic acids is 2. The summed E-state index contributed by atoms with van der Waals surface area (Å²) in [5.74, 6) is -0.534. The van der Waals surface area contributed by atoms with Crippen LogP contribution in [0, 0.1) is 6.92 Å². The number of fused-ring (bicyclic) bond motifs is 1. The predicted molar refractivity (Wildman–Crippen MR) is 117 cm³/mol. The van der Waals surface area contributed by atoms with E-state index in [0.717, 1.165) is 22.2 Å². The van der Waals surface area contributed by atoms with Gasteiger partial charge in [-0.1, -0.05) is 32.0 Å². The van der Waals surface area contributed by atoms with Crippen LogP contribution < -0.4 is 15.7 Å². The lowest BCUT2D eigenvalue weighted by atomic mass is 9.98. The monoisotopic (exact) mass is 423 g/mol. The third-order valence-electron chi connectivity index (χ3n) is 4.80. The topological polar surface area (TPSA) is 94.8 Å². The van der Waals surface area contributed by atoms with E-state index in [1.165, 1.54) is 19.1 Å². The van der Waals surface area contributed by atoms with Crippen LogP contribution in [0.15, 0.2) is 57.7 Å². The smallest absolute Gasteiger partial charge is 0.344 e. The van der Waals surface area contributed by atoms with Crippen LogP contribution in [0.1, 0.15) is 37.8 Å². The van der Waals surface area contributed by atoms with Gasteiger partial charge in [-0.2, -0.15) is 0 Å². The third-order valence-corrected chi connectivity index (χ3v) is 4.80. The van der Waals surface area contributed by atoms with Crippen molar-refractivity contribution in [3.05, 3.63) is 70.1 Å². The van der Waals surface area contributed by atoms with E-state index in [2.05, 4.69) is 5.32 Å². The maximum absolute atomic E-state index is 12.6. The number of hydrogen-bond donors (Lipinski definition) is 1. The molecule has 1 aromatic heterocycles. The highest BCUT2D eigenvalue weighted by atomic mass is 16.6. The summed E-state index contributed by atoms with van der Waals surface area (Å²) in [7, 11) is 0. The summed E-state index contributed by atoms with van der Waals surface area (Å²) in [6, 6.07) is 13.7. The molecule has 3 rings (SSSR count). The first-order valence-corrected chi connectivity index (χ1v) is 10.0. The lowest BCUT2D eigenvalue weighted by molar-refractivity contribution is -0.155. The number of benzene rings is 2. The number of anilines is 1. The fourth-order valence-corrected chi connectivity index (χ4v) is 3.12. The Morgan fingerprint density at radius 3 is 2.55 bits per heavy atom. The molecular formula is C24H25NO6. The van der Waals surface area contributed by atoms with E-state index in [9.17, 15) is 14.4 Å². The van der Waals surface area contributed by atoms with Crippen molar-refractivity contribution in [2.45, 2.75) is 39.7 Å². The van der Waals surface area contributed by atoms with Gasteiger partial charge in [0.25, 0.3) is 5.91 Å². The second-order valence-electron chi connectivity index (χ2n) is 7.56. The fourth-order valence-electron chi connectivity index (χ4n) is 3.12. The number of ether oxygens (including phenoxy) is 2. The zero-order chi connectivity index (χ0) is 22.5. The van der Waals surface area contributed by atoms with Gasteiger partial charge in [0.2, 0.25) is 0 Å². The van der Waals surface area contributed by atoms with E-state index in [0.29, 0.717) is 11.3 Å².